The van der Waals surface area contributed by atoms with Gasteiger partial charge in [0.15, 0.2) is 0 Å². The summed E-state index contributed by atoms with van der Waals surface area (Å²) in [5.74, 6) is 0.585. The minimum atomic E-state index is -0.677. The number of nitrogens with zero attached hydrogens (tertiary/aromatic N) is 4. The summed E-state index contributed by atoms with van der Waals surface area (Å²) in [6, 6.07) is 18.1. The molecule has 1 aliphatic rings. The molecule has 0 bridgehead atoms. The van der Waals surface area contributed by atoms with Crippen LogP contribution in [0.25, 0.3) is 11.3 Å². The van der Waals surface area contributed by atoms with Gasteiger partial charge >= 0.3 is 0 Å². The molecule has 2 amide bonds. The van der Waals surface area contributed by atoms with Crippen molar-refractivity contribution in [3.8, 4) is 28.8 Å². The van der Waals surface area contributed by atoms with E-state index in [1.165, 1.54) is 6.08 Å². The first-order valence-electron chi connectivity index (χ1n) is 10.8. The number of hydrogen-bond donors (Lipinski definition) is 2. The molecule has 4 N–H and O–H groups in total. The molecule has 0 spiro atoms. The van der Waals surface area contributed by atoms with Crippen molar-refractivity contribution in [2.75, 3.05) is 18.8 Å². The highest BCUT2D eigenvalue weighted by atomic mass is 16.5. The van der Waals surface area contributed by atoms with Gasteiger partial charge in [0.2, 0.25) is 5.91 Å². The van der Waals surface area contributed by atoms with E-state index in [-0.39, 0.29) is 23.3 Å². The summed E-state index contributed by atoms with van der Waals surface area (Å²) >= 11 is 0. The number of anilines is 1. The summed E-state index contributed by atoms with van der Waals surface area (Å²) in [6.45, 7) is 0.937. The fraction of sp³-hybridized carbons (Fsp3) is 0.200. The van der Waals surface area contributed by atoms with Gasteiger partial charge < -0.3 is 21.1 Å². The fourth-order valence-electron chi connectivity index (χ4n) is 4.04. The number of hydrogen-bond acceptors (Lipinski definition) is 6. The topological polar surface area (TPSA) is 140 Å². The second-order valence-electron chi connectivity index (χ2n) is 7.90. The van der Waals surface area contributed by atoms with Crippen LogP contribution in [0.3, 0.4) is 0 Å². The number of carbonyl (C=O) groups is 2. The Bertz CT molecular complexity index is 1260. The van der Waals surface area contributed by atoms with E-state index in [1.807, 2.05) is 36.4 Å². The van der Waals surface area contributed by atoms with Gasteiger partial charge in [-0.15, -0.1) is 0 Å². The molecule has 1 fully saturated rings. The molecular formula is C25H24N6O3. The first kappa shape index (κ1) is 22.6. The van der Waals surface area contributed by atoms with Crippen LogP contribution in [0.5, 0.6) is 11.5 Å². The van der Waals surface area contributed by atoms with Crippen LogP contribution in [-0.2, 0) is 4.79 Å². The molecule has 3 aromatic rings. The third-order valence-corrected chi connectivity index (χ3v) is 5.66. The first-order valence-corrected chi connectivity index (χ1v) is 10.8. The third-order valence-electron chi connectivity index (χ3n) is 5.66. The maximum Gasteiger partial charge on any atom is 0.254 e. The van der Waals surface area contributed by atoms with Crippen molar-refractivity contribution in [3.05, 3.63) is 72.3 Å². The summed E-state index contributed by atoms with van der Waals surface area (Å²) < 4.78 is 7.41. The number of nitriles is 1. The highest BCUT2D eigenvalue weighted by molar-refractivity contribution is 6.03. The average molecular weight is 457 g/mol. The number of benzene rings is 2. The van der Waals surface area contributed by atoms with Crippen LogP contribution >= 0.6 is 0 Å². The number of rotatable bonds is 6. The number of amides is 2. The molecule has 2 aromatic carbocycles. The lowest BCUT2D eigenvalue weighted by molar-refractivity contribution is -0.127. The predicted molar refractivity (Wildman–Crippen MR) is 127 cm³/mol. The Balaban J connectivity index is 1.61. The molecule has 0 saturated carbocycles. The predicted octanol–water partition coefficient (Wildman–Crippen LogP) is 3.27. The zero-order valence-electron chi connectivity index (χ0n) is 18.4. The molecule has 1 atom stereocenters. The SMILES string of the molecule is N#C/C=C\C(=O)N1CCCC(n2nc(-c3ccc(Oc4ccccc4)cc3)c(C(N)=O)c2N)C1. The van der Waals surface area contributed by atoms with Crippen LogP contribution in [0.4, 0.5) is 5.82 Å². The number of piperidine rings is 1. The maximum atomic E-state index is 12.3. The van der Waals surface area contributed by atoms with Crippen molar-refractivity contribution in [1.82, 2.24) is 14.7 Å². The number of allylic oxidation sites excluding steroid dienone is 1. The fourth-order valence-corrected chi connectivity index (χ4v) is 4.04. The molecule has 1 saturated heterocycles. The molecule has 9 heteroatoms. The highest BCUT2D eigenvalue weighted by Crippen LogP contribution is 2.33. The van der Waals surface area contributed by atoms with Gasteiger partial charge in [0.05, 0.1) is 12.1 Å². The normalized spacial score (nSPS) is 15.7. The summed E-state index contributed by atoms with van der Waals surface area (Å²) in [5.41, 5.74) is 13.2. The van der Waals surface area contributed by atoms with Crippen molar-refractivity contribution in [3.63, 3.8) is 0 Å². The van der Waals surface area contributed by atoms with Crippen LogP contribution in [0.1, 0.15) is 29.2 Å². The average Bonchev–Trinajstić information content (AvgIpc) is 3.21. The Hall–Kier alpha value is -4.58. The number of likely N-dealkylation sites (tertiary alicyclic amines) is 1. The Morgan fingerprint density at radius 2 is 1.82 bits per heavy atom. The summed E-state index contributed by atoms with van der Waals surface area (Å²) in [7, 11) is 0. The van der Waals surface area contributed by atoms with Gasteiger partial charge in [-0.2, -0.15) is 10.4 Å². The summed E-state index contributed by atoms with van der Waals surface area (Å²) in [5, 5.41) is 13.3. The molecule has 0 radical (unpaired) electrons. The second kappa shape index (κ2) is 9.92. The Morgan fingerprint density at radius 3 is 2.50 bits per heavy atom. The van der Waals surface area contributed by atoms with Crippen LogP contribution in [0, 0.1) is 11.3 Å². The molecule has 1 aliphatic heterocycles. The number of para-hydroxylation sites is 1. The van der Waals surface area contributed by atoms with E-state index in [2.05, 4.69) is 5.10 Å². The van der Waals surface area contributed by atoms with Gasteiger partial charge in [-0.3, -0.25) is 9.59 Å². The van der Waals surface area contributed by atoms with Gasteiger partial charge in [-0.1, -0.05) is 18.2 Å². The highest BCUT2D eigenvalue weighted by Gasteiger charge is 2.29. The van der Waals surface area contributed by atoms with Crippen molar-refractivity contribution < 1.29 is 14.3 Å². The lowest BCUT2D eigenvalue weighted by Gasteiger charge is -2.32. The van der Waals surface area contributed by atoms with Gasteiger partial charge in [0, 0.05) is 30.8 Å². The third kappa shape index (κ3) is 4.76. The monoisotopic (exact) mass is 456 g/mol. The summed E-state index contributed by atoms with van der Waals surface area (Å²) in [6.07, 6.45) is 3.87. The molecule has 9 nitrogen and oxygen atoms in total. The minimum Gasteiger partial charge on any atom is -0.457 e. The van der Waals surface area contributed by atoms with Gasteiger partial charge in [0.1, 0.15) is 28.6 Å². The molecule has 34 heavy (non-hydrogen) atoms. The number of nitrogens with two attached hydrogens (primary N) is 2. The first-order chi connectivity index (χ1) is 16.5. The Morgan fingerprint density at radius 1 is 1.12 bits per heavy atom. The molecule has 0 aliphatic carbocycles. The van der Waals surface area contributed by atoms with Crippen LogP contribution in [0.2, 0.25) is 0 Å². The van der Waals surface area contributed by atoms with Crippen molar-refractivity contribution in [1.29, 1.82) is 5.26 Å². The summed E-state index contributed by atoms with van der Waals surface area (Å²) in [4.78, 5) is 26.2. The van der Waals surface area contributed by atoms with Crippen molar-refractivity contribution >= 4 is 17.6 Å². The lowest BCUT2D eigenvalue weighted by atomic mass is 10.1. The van der Waals surface area contributed by atoms with E-state index in [9.17, 15) is 9.59 Å². The smallest absolute Gasteiger partial charge is 0.254 e. The minimum absolute atomic E-state index is 0.143. The molecule has 172 valence electrons. The number of carbonyl (C=O) groups excluding carboxylic acids is 2. The van der Waals surface area contributed by atoms with E-state index in [0.29, 0.717) is 35.8 Å². The van der Waals surface area contributed by atoms with Gasteiger partial charge in [-0.25, -0.2) is 4.68 Å². The zero-order valence-corrected chi connectivity index (χ0v) is 18.4. The van der Waals surface area contributed by atoms with Crippen LogP contribution in [-0.4, -0.2) is 39.6 Å². The maximum absolute atomic E-state index is 12.3. The molecule has 1 unspecified atom stereocenters. The number of primary amides is 1. The van der Waals surface area contributed by atoms with Crippen molar-refractivity contribution in [2.24, 2.45) is 5.73 Å². The van der Waals surface area contributed by atoms with Crippen LogP contribution < -0.4 is 16.2 Å². The molecule has 4 rings (SSSR count). The number of ether oxygens (including phenoxy) is 1. The van der Waals surface area contributed by atoms with E-state index in [1.54, 1.807) is 33.8 Å². The van der Waals surface area contributed by atoms with E-state index in [4.69, 9.17) is 21.5 Å². The van der Waals surface area contributed by atoms with E-state index < -0.39 is 5.91 Å². The Labute approximate surface area is 196 Å². The van der Waals surface area contributed by atoms with Crippen LogP contribution in [0.15, 0.2) is 66.7 Å². The lowest BCUT2D eigenvalue weighted by Crippen LogP contribution is -2.40. The van der Waals surface area contributed by atoms with Gasteiger partial charge in [0.25, 0.3) is 5.91 Å². The zero-order chi connectivity index (χ0) is 24.1. The molecular weight excluding hydrogens is 432 g/mol. The van der Waals surface area contributed by atoms with E-state index in [0.717, 1.165) is 18.9 Å². The van der Waals surface area contributed by atoms with E-state index >= 15 is 0 Å². The molecule has 1 aromatic heterocycles. The number of aromatic nitrogens is 2. The Kier molecular flexibility index (Phi) is 6.59. The van der Waals surface area contributed by atoms with Gasteiger partial charge in [-0.05, 0) is 49.2 Å². The van der Waals surface area contributed by atoms with Crippen molar-refractivity contribution in [2.45, 2.75) is 18.9 Å². The molecule has 2 heterocycles. The number of nitrogen functional groups attached to an aromatic ring is 1. The quantitative estimate of drug-likeness (QED) is 0.431. The second-order valence-corrected chi connectivity index (χ2v) is 7.90. The standard InChI is InChI=1S/C25H24N6O3/c26-14-4-9-21(32)30-15-5-6-18(16-30)31-24(27)22(25(28)33)23(29-31)17-10-12-20(13-11-17)34-19-7-2-1-3-8-19/h1-4,7-13,18H,5-6,15-16,27H2,(H2,28,33)/b9-4-. The largest absolute Gasteiger partial charge is 0.457 e.